The zero-order chi connectivity index (χ0) is 13.9. The first-order valence-corrected chi connectivity index (χ1v) is 7.89. The summed E-state index contributed by atoms with van der Waals surface area (Å²) in [5.41, 5.74) is 2.25. The number of hydrogen-bond donors (Lipinski definition) is 2. The third kappa shape index (κ3) is 2.58. The van der Waals surface area contributed by atoms with Crippen LogP contribution in [0.2, 0.25) is 0 Å². The molecule has 0 spiro atoms. The van der Waals surface area contributed by atoms with Gasteiger partial charge in [-0.05, 0) is 24.3 Å². The molecule has 2 heterocycles. The molecule has 1 aromatic carbocycles. The van der Waals surface area contributed by atoms with Crippen LogP contribution in [0.4, 0.5) is 5.69 Å². The van der Waals surface area contributed by atoms with Crippen molar-refractivity contribution in [3.8, 4) is 0 Å². The van der Waals surface area contributed by atoms with Crippen molar-refractivity contribution in [2.24, 2.45) is 0 Å². The summed E-state index contributed by atoms with van der Waals surface area (Å²) in [6, 6.07) is 9.94. The molecule has 5 heteroatoms. The van der Waals surface area contributed by atoms with Crippen LogP contribution < -0.4 is 10.6 Å². The van der Waals surface area contributed by atoms with Crippen LogP contribution in [-0.4, -0.2) is 35.5 Å². The molecule has 0 radical (unpaired) electrons. The van der Waals surface area contributed by atoms with Crippen molar-refractivity contribution in [1.29, 1.82) is 0 Å². The van der Waals surface area contributed by atoms with Crippen LogP contribution in [-0.2, 0) is 0 Å². The molecule has 20 heavy (non-hydrogen) atoms. The summed E-state index contributed by atoms with van der Waals surface area (Å²) < 4.78 is 0. The number of fused-ring (bicyclic) bond motifs is 1. The number of anilines is 1. The number of para-hydroxylation sites is 1. The molecule has 1 fully saturated rings. The van der Waals surface area contributed by atoms with Crippen molar-refractivity contribution in [2.45, 2.75) is 12.5 Å². The number of carbonyl (C=O) groups is 1. The first-order chi connectivity index (χ1) is 9.78. The molecule has 1 amide bonds. The van der Waals surface area contributed by atoms with Crippen LogP contribution in [0.3, 0.4) is 0 Å². The average molecular weight is 287 g/mol. The molecule has 1 aliphatic heterocycles. The second kappa shape index (κ2) is 5.71. The number of nitrogens with zero attached hydrogens (tertiary/aromatic N) is 1. The zero-order valence-corrected chi connectivity index (χ0v) is 12.2. The van der Waals surface area contributed by atoms with Crippen LogP contribution in [0.1, 0.15) is 16.9 Å². The Hall–Kier alpha value is -1.75. The molecule has 3 rings (SSSR count). The maximum atomic E-state index is 12.3. The summed E-state index contributed by atoms with van der Waals surface area (Å²) in [6.45, 7) is 0. The van der Waals surface area contributed by atoms with E-state index < -0.39 is 0 Å². The third-order valence-corrected chi connectivity index (χ3v) is 4.65. The standard InChI is InChI=1S/C15H17N3OS/c1-16-13-8-14(15(19)17-10-6-7-20-9-10)18-12-5-3-2-4-11(12)13/h2-5,8,10H,6-7,9H2,1H3,(H,16,18)(H,17,19). The van der Waals surface area contributed by atoms with E-state index in [-0.39, 0.29) is 11.9 Å². The van der Waals surface area contributed by atoms with Gasteiger partial charge in [0.2, 0.25) is 0 Å². The Morgan fingerprint density at radius 3 is 3.00 bits per heavy atom. The van der Waals surface area contributed by atoms with Crippen LogP contribution in [0.15, 0.2) is 30.3 Å². The van der Waals surface area contributed by atoms with E-state index in [1.807, 2.05) is 49.1 Å². The number of aromatic nitrogens is 1. The molecule has 0 saturated carbocycles. The number of nitrogens with one attached hydrogen (secondary N) is 2. The fourth-order valence-electron chi connectivity index (χ4n) is 2.41. The monoisotopic (exact) mass is 287 g/mol. The zero-order valence-electron chi connectivity index (χ0n) is 11.3. The third-order valence-electron chi connectivity index (χ3n) is 3.48. The fourth-order valence-corrected chi connectivity index (χ4v) is 3.56. The van der Waals surface area contributed by atoms with Gasteiger partial charge in [-0.1, -0.05) is 18.2 Å². The molecule has 2 N–H and O–H groups in total. The molecule has 1 aromatic heterocycles. The van der Waals surface area contributed by atoms with Gasteiger partial charge in [-0.2, -0.15) is 11.8 Å². The van der Waals surface area contributed by atoms with Crippen molar-refractivity contribution >= 4 is 34.3 Å². The Morgan fingerprint density at radius 1 is 1.40 bits per heavy atom. The predicted molar refractivity (Wildman–Crippen MR) is 84.5 cm³/mol. The molecule has 2 aromatic rings. The van der Waals surface area contributed by atoms with Gasteiger partial charge in [0.05, 0.1) is 5.52 Å². The van der Waals surface area contributed by atoms with E-state index in [1.165, 1.54) is 0 Å². The van der Waals surface area contributed by atoms with Crippen molar-refractivity contribution in [1.82, 2.24) is 10.3 Å². The van der Waals surface area contributed by atoms with Crippen molar-refractivity contribution in [3.05, 3.63) is 36.0 Å². The molecule has 1 atom stereocenters. The number of rotatable bonds is 3. The van der Waals surface area contributed by atoms with E-state index in [2.05, 4.69) is 15.6 Å². The number of carbonyl (C=O) groups excluding carboxylic acids is 1. The maximum absolute atomic E-state index is 12.3. The molecular formula is C15H17N3OS. The van der Waals surface area contributed by atoms with Gasteiger partial charge in [-0.3, -0.25) is 4.79 Å². The summed E-state index contributed by atoms with van der Waals surface area (Å²) in [5.74, 6) is 2.04. The minimum absolute atomic E-state index is 0.0836. The minimum Gasteiger partial charge on any atom is -0.388 e. The molecular weight excluding hydrogens is 270 g/mol. The highest BCUT2D eigenvalue weighted by Gasteiger charge is 2.19. The van der Waals surface area contributed by atoms with Gasteiger partial charge < -0.3 is 10.6 Å². The van der Waals surface area contributed by atoms with E-state index in [9.17, 15) is 4.79 Å². The number of thioether (sulfide) groups is 1. The van der Waals surface area contributed by atoms with Crippen LogP contribution in [0.25, 0.3) is 10.9 Å². The molecule has 0 aliphatic carbocycles. The minimum atomic E-state index is -0.0836. The number of amides is 1. The van der Waals surface area contributed by atoms with E-state index in [0.717, 1.165) is 34.5 Å². The van der Waals surface area contributed by atoms with E-state index in [1.54, 1.807) is 0 Å². The van der Waals surface area contributed by atoms with E-state index in [0.29, 0.717) is 5.69 Å². The van der Waals surface area contributed by atoms with Gasteiger partial charge in [-0.15, -0.1) is 0 Å². The van der Waals surface area contributed by atoms with Crippen molar-refractivity contribution in [3.63, 3.8) is 0 Å². The van der Waals surface area contributed by atoms with Crippen molar-refractivity contribution < 1.29 is 4.79 Å². The van der Waals surface area contributed by atoms with Crippen LogP contribution >= 0.6 is 11.8 Å². The lowest BCUT2D eigenvalue weighted by Gasteiger charge is -2.12. The SMILES string of the molecule is CNc1cc(C(=O)NC2CCSC2)nc2ccccc12. The molecule has 1 saturated heterocycles. The normalized spacial score (nSPS) is 18.1. The Bertz CT molecular complexity index is 638. The molecule has 1 unspecified atom stereocenters. The Balaban J connectivity index is 1.92. The first kappa shape index (κ1) is 13.2. The Labute approximate surface area is 122 Å². The lowest BCUT2D eigenvalue weighted by atomic mass is 10.1. The largest absolute Gasteiger partial charge is 0.388 e. The topological polar surface area (TPSA) is 54.0 Å². The van der Waals surface area contributed by atoms with Crippen molar-refractivity contribution in [2.75, 3.05) is 23.9 Å². The van der Waals surface area contributed by atoms with Gasteiger partial charge in [0.1, 0.15) is 5.69 Å². The number of hydrogen-bond acceptors (Lipinski definition) is 4. The fraction of sp³-hybridized carbons (Fsp3) is 0.333. The summed E-state index contributed by atoms with van der Waals surface area (Å²) in [6.07, 6.45) is 1.04. The number of pyridine rings is 1. The first-order valence-electron chi connectivity index (χ1n) is 6.74. The summed E-state index contributed by atoms with van der Waals surface area (Å²) >= 11 is 1.88. The molecule has 104 valence electrons. The highest BCUT2D eigenvalue weighted by molar-refractivity contribution is 7.99. The molecule has 1 aliphatic rings. The summed E-state index contributed by atoms with van der Waals surface area (Å²) in [4.78, 5) is 16.8. The van der Waals surface area contributed by atoms with Gasteiger partial charge in [-0.25, -0.2) is 4.98 Å². The lowest BCUT2D eigenvalue weighted by Crippen LogP contribution is -2.35. The van der Waals surface area contributed by atoms with E-state index >= 15 is 0 Å². The second-order valence-electron chi connectivity index (χ2n) is 4.86. The highest BCUT2D eigenvalue weighted by atomic mass is 32.2. The quantitative estimate of drug-likeness (QED) is 0.911. The predicted octanol–water partition coefficient (Wildman–Crippen LogP) is 2.51. The van der Waals surface area contributed by atoms with Crippen LogP contribution in [0.5, 0.6) is 0 Å². The van der Waals surface area contributed by atoms with Gasteiger partial charge in [0.15, 0.2) is 0 Å². The lowest BCUT2D eigenvalue weighted by molar-refractivity contribution is 0.0936. The number of benzene rings is 1. The Morgan fingerprint density at radius 2 is 2.25 bits per heavy atom. The highest BCUT2D eigenvalue weighted by Crippen LogP contribution is 2.23. The van der Waals surface area contributed by atoms with Gasteiger partial charge in [0.25, 0.3) is 5.91 Å². The smallest absolute Gasteiger partial charge is 0.270 e. The maximum Gasteiger partial charge on any atom is 0.270 e. The second-order valence-corrected chi connectivity index (χ2v) is 6.01. The van der Waals surface area contributed by atoms with Gasteiger partial charge >= 0.3 is 0 Å². The molecule has 0 bridgehead atoms. The van der Waals surface area contributed by atoms with Gasteiger partial charge in [0, 0.05) is 29.9 Å². The van der Waals surface area contributed by atoms with Crippen LogP contribution in [0, 0.1) is 0 Å². The summed E-state index contributed by atoms with van der Waals surface area (Å²) in [7, 11) is 1.86. The Kier molecular flexibility index (Phi) is 3.78. The average Bonchev–Trinajstić information content (AvgIpc) is 2.99. The summed E-state index contributed by atoms with van der Waals surface area (Å²) in [5, 5.41) is 7.23. The van der Waals surface area contributed by atoms with E-state index in [4.69, 9.17) is 0 Å². The molecule has 4 nitrogen and oxygen atoms in total.